The Kier molecular flexibility index (Phi) is 1.28. The zero-order valence-corrected chi connectivity index (χ0v) is 5.99. The molecule has 0 unspecified atom stereocenters. The van der Waals surface area contributed by atoms with Gasteiger partial charge in [-0.05, 0) is 37.5 Å². The van der Waals surface area contributed by atoms with Crippen molar-refractivity contribution in [1.82, 2.24) is 0 Å². The number of carbonyl (C=O) groups is 1. The normalized spacial score (nSPS) is 18.1. The lowest BCUT2D eigenvalue weighted by atomic mass is 9.84. The number of carbonyl (C=O) groups excluding carboxylic acids is 1. The molecule has 1 nitrogen and oxygen atoms in total. The summed E-state index contributed by atoms with van der Waals surface area (Å²) in [4.78, 5) is 10.3. The topological polar surface area (TPSA) is 17.1 Å². The summed E-state index contributed by atoms with van der Waals surface area (Å²) in [5, 5.41) is 0. The lowest BCUT2D eigenvalue weighted by molar-refractivity contribution is -0.104. The predicted octanol–water partition coefficient (Wildman–Crippen LogP) is 1.85. The van der Waals surface area contributed by atoms with Crippen molar-refractivity contribution in [3.05, 3.63) is 22.3 Å². The van der Waals surface area contributed by atoms with E-state index in [4.69, 9.17) is 0 Å². The molecule has 0 aliphatic heterocycles. The molecule has 0 atom stereocenters. The molecule has 1 aliphatic carbocycles. The van der Waals surface area contributed by atoms with Gasteiger partial charge >= 0.3 is 0 Å². The van der Waals surface area contributed by atoms with E-state index in [1.807, 2.05) is 20.8 Å². The Morgan fingerprint density at radius 1 is 1.00 bits per heavy atom. The van der Waals surface area contributed by atoms with Crippen LogP contribution in [0.1, 0.15) is 20.8 Å². The third-order valence-electron chi connectivity index (χ3n) is 2.05. The maximum Gasteiger partial charge on any atom is 0.150 e. The highest BCUT2D eigenvalue weighted by molar-refractivity contribution is 5.88. The van der Waals surface area contributed by atoms with Gasteiger partial charge in [-0.25, -0.2) is 0 Å². The first kappa shape index (κ1) is 6.27. The smallest absolute Gasteiger partial charge is 0.150 e. The van der Waals surface area contributed by atoms with Crippen LogP contribution in [0.2, 0.25) is 0 Å². The Morgan fingerprint density at radius 2 is 1.56 bits per heavy atom. The van der Waals surface area contributed by atoms with Crippen LogP contribution in [0.5, 0.6) is 0 Å². The highest BCUT2D eigenvalue weighted by Crippen LogP contribution is 2.32. The summed E-state index contributed by atoms with van der Waals surface area (Å²) < 4.78 is 0. The van der Waals surface area contributed by atoms with Crippen LogP contribution in [0, 0.1) is 0 Å². The molecule has 0 amide bonds. The molecule has 0 radical (unpaired) electrons. The molecule has 0 spiro atoms. The van der Waals surface area contributed by atoms with Crippen LogP contribution in [0.3, 0.4) is 0 Å². The SMILES string of the molecule is CC1=C(C)C(C=O)=C1C. The van der Waals surface area contributed by atoms with E-state index in [9.17, 15) is 4.79 Å². The molecule has 0 heterocycles. The third-order valence-corrected chi connectivity index (χ3v) is 2.05. The van der Waals surface area contributed by atoms with E-state index in [0.717, 1.165) is 23.0 Å². The second-order valence-electron chi connectivity index (χ2n) is 2.41. The molecule has 48 valence electrons. The lowest BCUT2D eigenvalue weighted by Crippen LogP contribution is -2.06. The molecular weight excluding hydrogens is 112 g/mol. The second-order valence-corrected chi connectivity index (χ2v) is 2.41. The molecule has 1 aliphatic rings. The summed E-state index contributed by atoms with van der Waals surface area (Å²) in [6.45, 7) is 6.00. The van der Waals surface area contributed by atoms with Crippen molar-refractivity contribution >= 4 is 6.29 Å². The molecule has 1 rings (SSSR count). The Labute approximate surface area is 55.1 Å². The summed E-state index contributed by atoms with van der Waals surface area (Å²) in [5.41, 5.74) is 4.48. The number of aldehydes is 1. The van der Waals surface area contributed by atoms with Gasteiger partial charge in [-0.2, -0.15) is 0 Å². The quantitative estimate of drug-likeness (QED) is 0.485. The van der Waals surface area contributed by atoms with Crippen molar-refractivity contribution in [2.75, 3.05) is 0 Å². The molecule has 9 heavy (non-hydrogen) atoms. The van der Waals surface area contributed by atoms with E-state index in [1.54, 1.807) is 0 Å². The minimum atomic E-state index is 0.896. The molecule has 1 heteroatoms. The van der Waals surface area contributed by atoms with Crippen LogP contribution in [-0.4, -0.2) is 6.29 Å². The highest BCUT2D eigenvalue weighted by atomic mass is 16.1. The van der Waals surface area contributed by atoms with Crippen molar-refractivity contribution < 1.29 is 4.79 Å². The van der Waals surface area contributed by atoms with Gasteiger partial charge in [0.2, 0.25) is 0 Å². The monoisotopic (exact) mass is 122 g/mol. The van der Waals surface area contributed by atoms with Crippen molar-refractivity contribution in [3.8, 4) is 0 Å². The summed E-state index contributed by atoms with van der Waals surface area (Å²) >= 11 is 0. The van der Waals surface area contributed by atoms with Gasteiger partial charge in [0.15, 0.2) is 6.29 Å². The van der Waals surface area contributed by atoms with E-state index in [2.05, 4.69) is 0 Å². The van der Waals surface area contributed by atoms with E-state index in [-0.39, 0.29) is 0 Å². The minimum absolute atomic E-state index is 0.896. The van der Waals surface area contributed by atoms with Crippen LogP contribution in [0.4, 0.5) is 0 Å². The second kappa shape index (κ2) is 1.83. The van der Waals surface area contributed by atoms with Crippen LogP contribution in [0.15, 0.2) is 22.3 Å². The maximum absolute atomic E-state index is 10.3. The first-order chi connectivity index (χ1) is 4.18. The van der Waals surface area contributed by atoms with E-state index >= 15 is 0 Å². The minimum Gasteiger partial charge on any atom is -0.298 e. The summed E-state index contributed by atoms with van der Waals surface area (Å²) in [7, 11) is 0. The Hall–Kier alpha value is -0.850. The molecule has 0 bridgehead atoms. The molecule has 0 aromatic rings. The third kappa shape index (κ3) is 0.645. The fraction of sp³-hybridized carbons (Fsp3) is 0.375. The Morgan fingerprint density at radius 3 is 1.78 bits per heavy atom. The van der Waals surface area contributed by atoms with Crippen molar-refractivity contribution in [3.63, 3.8) is 0 Å². The number of hydrogen-bond acceptors (Lipinski definition) is 1. The highest BCUT2D eigenvalue weighted by Gasteiger charge is 2.17. The molecule has 0 saturated carbocycles. The van der Waals surface area contributed by atoms with Crippen LogP contribution in [0.25, 0.3) is 0 Å². The molecule has 0 saturated heterocycles. The van der Waals surface area contributed by atoms with Gasteiger partial charge in [0.05, 0.1) is 0 Å². The molecule has 0 aromatic heterocycles. The largest absolute Gasteiger partial charge is 0.298 e. The average molecular weight is 122 g/mol. The number of rotatable bonds is 1. The first-order valence-corrected chi connectivity index (χ1v) is 3.02. The Balaban J connectivity index is 2.91. The summed E-state index contributed by atoms with van der Waals surface area (Å²) in [5.74, 6) is 0. The number of allylic oxidation sites excluding steroid dienone is 4. The first-order valence-electron chi connectivity index (χ1n) is 3.02. The fourth-order valence-electron chi connectivity index (χ4n) is 1.08. The van der Waals surface area contributed by atoms with Crippen LogP contribution >= 0.6 is 0 Å². The molecule has 0 aromatic carbocycles. The van der Waals surface area contributed by atoms with Gasteiger partial charge in [0.1, 0.15) is 0 Å². The van der Waals surface area contributed by atoms with Crippen molar-refractivity contribution in [2.45, 2.75) is 20.8 Å². The zero-order chi connectivity index (χ0) is 7.02. The lowest BCUT2D eigenvalue weighted by Gasteiger charge is -2.20. The fourth-order valence-corrected chi connectivity index (χ4v) is 1.08. The summed E-state index contributed by atoms with van der Waals surface area (Å²) in [6.07, 6.45) is 0.928. The summed E-state index contributed by atoms with van der Waals surface area (Å²) in [6, 6.07) is 0. The molecular formula is C8H10O. The van der Waals surface area contributed by atoms with Gasteiger partial charge < -0.3 is 0 Å². The van der Waals surface area contributed by atoms with Crippen LogP contribution < -0.4 is 0 Å². The standard InChI is InChI=1S/C8H10O/c1-5-6(2)8(4-9)7(5)3/h4H,1-3H3. The van der Waals surface area contributed by atoms with E-state index in [0.29, 0.717) is 0 Å². The van der Waals surface area contributed by atoms with Gasteiger partial charge in [-0.3, -0.25) is 4.79 Å². The molecule has 0 N–H and O–H groups in total. The van der Waals surface area contributed by atoms with Crippen LogP contribution in [-0.2, 0) is 4.79 Å². The van der Waals surface area contributed by atoms with Gasteiger partial charge in [0.25, 0.3) is 0 Å². The van der Waals surface area contributed by atoms with Gasteiger partial charge in [-0.15, -0.1) is 0 Å². The van der Waals surface area contributed by atoms with Gasteiger partial charge in [-0.1, -0.05) is 0 Å². The van der Waals surface area contributed by atoms with E-state index < -0.39 is 0 Å². The number of hydrogen-bond donors (Lipinski definition) is 0. The average Bonchev–Trinajstić information content (AvgIpc) is 1.89. The maximum atomic E-state index is 10.3. The predicted molar refractivity (Wildman–Crippen MR) is 37.1 cm³/mol. The molecule has 0 fully saturated rings. The van der Waals surface area contributed by atoms with E-state index in [1.165, 1.54) is 5.57 Å². The zero-order valence-electron chi connectivity index (χ0n) is 5.99. The van der Waals surface area contributed by atoms with Crippen molar-refractivity contribution in [2.24, 2.45) is 0 Å². The van der Waals surface area contributed by atoms with Crippen molar-refractivity contribution in [1.29, 1.82) is 0 Å². The Bertz CT molecular complexity index is 219. The van der Waals surface area contributed by atoms with Gasteiger partial charge in [0, 0.05) is 5.57 Å².